The largest absolute Gasteiger partial charge is 0.368 e. The molecule has 0 spiro atoms. The number of hydrogen-bond acceptors (Lipinski definition) is 5. The second-order valence-electron chi connectivity index (χ2n) is 5.61. The minimum absolute atomic E-state index is 0.0628. The standard InChI is InChI=1S/C15H22N4O2S/c1-8-4-5-9(2)11(6-8)22-7-12(20)17-13-10(3)18-19-14(13)15(16)21/h4-6,10,13-14,18-19H,7H2,1-3H3,(H2,16,21)(H,17,20). The zero-order chi connectivity index (χ0) is 16.3. The van der Waals surface area contributed by atoms with Crippen molar-refractivity contribution in [3.8, 4) is 0 Å². The van der Waals surface area contributed by atoms with Gasteiger partial charge in [-0.3, -0.25) is 15.0 Å². The van der Waals surface area contributed by atoms with Gasteiger partial charge in [-0.2, -0.15) is 0 Å². The van der Waals surface area contributed by atoms with Gasteiger partial charge in [-0.1, -0.05) is 17.7 Å². The Morgan fingerprint density at radius 1 is 1.32 bits per heavy atom. The molecule has 3 atom stereocenters. The van der Waals surface area contributed by atoms with Crippen LogP contribution >= 0.6 is 11.8 Å². The monoisotopic (exact) mass is 322 g/mol. The molecule has 120 valence electrons. The van der Waals surface area contributed by atoms with Crippen LogP contribution in [0, 0.1) is 13.8 Å². The Balaban J connectivity index is 1.92. The first-order valence-electron chi connectivity index (χ1n) is 7.18. The number of nitrogens with two attached hydrogens (primary N) is 1. The van der Waals surface area contributed by atoms with Gasteiger partial charge in [0, 0.05) is 10.9 Å². The molecule has 1 aliphatic heterocycles. The van der Waals surface area contributed by atoms with Gasteiger partial charge in [0.2, 0.25) is 11.8 Å². The van der Waals surface area contributed by atoms with Crippen LogP contribution in [0.3, 0.4) is 0 Å². The lowest BCUT2D eigenvalue weighted by molar-refractivity contribution is -0.121. The first-order chi connectivity index (χ1) is 10.4. The van der Waals surface area contributed by atoms with Crippen molar-refractivity contribution in [2.24, 2.45) is 5.73 Å². The van der Waals surface area contributed by atoms with Crippen molar-refractivity contribution < 1.29 is 9.59 Å². The molecule has 2 rings (SSSR count). The molecular weight excluding hydrogens is 300 g/mol. The molecule has 0 radical (unpaired) electrons. The van der Waals surface area contributed by atoms with Gasteiger partial charge in [-0.15, -0.1) is 11.8 Å². The molecule has 1 aliphatic rings. The van der Waals surface area contributed by atoms with Crippen LogP contribution in [0.15, 0.2) is 23.1 Å². The van der Waals surface area contributed by atoms with Crippen molar-refractivity contribution in [3.63, 3.8) is 0 Å². The Morgan fingerprint density at radius 2 is 2.05 bits per heavy atom. The van der Waals surface area contributed by atoms with Gasteiger partial charge in [-0.25, -0.2) is 5.43 Å². The topological polar surface area (TPSA) is 96.2 Å². The van der Waals surface area contributed by atoms with Crippen molar-refractivity contribution in [2.75, 3.05) is 5.75 Å². The molecule has 3 unspecified atom stereocenters. The van der Waals surface area contributed by atoms with Crippen LogP contribution in [0.4, 0.5) is 0 Å². The van der Waals surface area contributed by atoms with Crippen LogP contribution in [0.5, 0.6) is 0 Å². The predicted molar refractivity (Wildman–Crippen MR) is 87.3 cm³/mol. The average molecular weight is 322 g/mol. The zero-order valence-electron chi connectivity index (χ0n) is 13.0. The van der Waals surface area contributed by atoms with Crippen LogP contribution < -0.4 is 21.9 Å². The highest BCUT2D eigenvalue weighted by atomic mass is 32.2. The number of hydrogen-bond donors (Lipinski definition) is 4. The maximum Gasteiger partial charge on any atom is 0.238 e. The van der Waals surface area contributed by atoms with E-state index in [1.54, 1.807) is 0 Å². The summed E-state index contributed by atoms with van der Waals surface area (Å²) in [6.45, 7) is 5.94. The molecule has 0 bridgehead atoms. The molecule has 5 N–H and O–H groups in total. The summed E-state index contributed by atoms with van der Waals surface area (Å²) in [4.78, 5) is 24.6. The predicted octanol–water partition coefficient (Wildman–Crippen LogP) is 0.231. The van der Waals surface area contributed by atoms with Gasteiger partial charge in [0.25, 0.3) is 0 Å². The number of benzene rings is 1. The third-order valence-corrected chi connectivity index (χ3v) is 4.86. The van der Waals surface area contributed by atoms with Crippen molar-refractivity contribution in [3.05, 3.63) is 29.3 Å². The summed E-state index contributed by atoms with van der Waals surface area (Å²) in [7, 11) is 0. The lowest BCUT2D eigenvalue weighted by Crippen LogP contribution is -2.53. The minimum atomic E-state index is -0.593. The Morgan fingerprint density at radius 3 is 2.73 bits per heavy atom. The Kier molecular flexibility index (Phi) is 5.44. The minimum Gasteiger partial charge on any atom is -0.368 e. The molecule has 2 amide bonds. The van der Waals surface area contributed by atoms with E-state index in [0.29, 0.717) is 5.75 Å². The average Bonchev–Trinajstić information content (AvgIpc) is 2.81. The summed E-state index contributed by atoms with van der Waals surface area (Å²) < 4.78 is 0. The highest BCUT2D eigenvalue weighted by molar-refractivity contribution is 8.00. The molecule has 1 fully saturated rings. The molecular formula is C15H22N4O2S. The van der Waals surface area contributed by atoms with E-state index in [2.05, 4.69) is 28.3 Å². The van der Waals surface area contributed by atoms with Crippen molar-refractivity contribution in [2.45, 2.75) is 43.8 Å². The fourth-order valence-corrected chi connectivity index (χ4v) is 3.31. The Labute approximate surface area is 134 Å². The van der Waals surface area contributed by atoms with Gasteiger partial charge in [0.15, 0.2) is 0 Å². The van der Waals surface area contributed by atoms with E-state index in [1.165, 1.54) is 17.3 Å². The van der Waals surface area contributed by atoms with Crippen LogP contribution in [-0.4, -0.2) is 35.7 Å². The zero-order valence-corrected chi connectivity index (χ0v) is 13.8. The third kappa shape index (κ3) is 4.00. The van der Waals surface area contributed by atoms with Gasteiger partial charge < -0.3 is 11.1 Å². The fourth-order valence-electron chi connectivity index (χ4n) is 2.38. The van der Waals surface area contributed by atoms with Gasteiger partial charge in [0.1, 0.15) is 6.04 Å². The highest BCUT2D eigenvalue weighted by Gasteiger charge is 2.37. The van der Waals surface area contributed by atoms with E-state index in [4.69, 9.17) is 5.73 Å². The van der Waals surface area contributed by atoms with Gasteiger partial charge >= 0.3 is 0 Å². The number of nitrogens with one attached hydrogen (secondary N) is 3. The number of thioether (sulfide) groups is 1. The molecule has 1 aromatic carbocycles. The first-order valence-corrected chi connectivity index (χ1v) is 8.17. The molecule has 1 aromatic rings. The maximum absolute atomic E-state index is 12.1. The highest BCUT2D eigenvalue weighted by Crippen LogP contribution is 2.23. The third-order valence-electron chi connectivity index (χ3n) is 3.70. The maximum atomic E-state index is 12.1. The molecule has 0 aliphatic carbocycles. The number of amides is 2. The second-order valence-corrected chi connectivity index (χ2v) is 6.63. The van der Waals surface area contributed by atoms with E-state index in [1.807, 2.05) is 26.8 Å². The second kappa shape index (κ2) is 7.13. The van der Waals surface area contributed by atoms with Crippen LogP contribution in [0.25, 0.3) is 0 Å². The van der Waals surface area contributed by atoms with E-state index >= 15 is 0 Å². The number of aryl methyl sites for hydroxylation is 2. The quantitative estimate of drug-likeness (QED) is 0.582. The molecule has 1 heterocycles. The summed E-state index contributed by atoms with van der Waals surface area (Å²) in [5.74, 6) is -0.289. The van der Waals surface area contributed by atoms with Crippen molar-refractivity contribution >= 4 is 23.6 Å². The van der Waals surface area contributed by atoms with E-state index in [0.717, 1.165) is 10.5 Å². The normalized spacial score (nSPS) is 24.2. The number of carbonyl (C=O) groups excluding carboxylic acids is 2. The smallest absolute Gasteiger partial charge is 0.238 e. The van der Waals surface area contributed by atoms with Crippen molar-refractivity contribution in [1.82, 2.24) is 16.2 Å². The van der Waals surface area contributed by atoms with Crippen LogP contribution in [0.2, 0.25) is 0 Å². The number of carbonyl (C=O) groups is 2. The first kappa shape index (κ1) is 16.8. The lowest BCUT2D eigenvalue weighted by atomic mass is 10.0. The lowest BCUT2D eigenvalue weighted by Gasteiger charge is -2.20. The molecule has 22 heavy (non-hydrogen) atoms. The Hall–Kier alpha value is -1.57. The van der Waals surface area contributed by atoms with Crippen molar-refractivity contribution in [1.29, 1.82) is 0 Å². The van der Waals surface area contributed by atoms with E-state index in [-0.39, 0.29) is 18.0 Å². The van der Waals surface area contributed by atoms with Crippen LogP contribution in [-0.2, 0) is 9.59 Å². The number of primary amides is 1. The summed E-state index contributed by atoms with van der Waals surface area (Å²) >= 11 is 1.49. The molecule has 7 heteroatoms. The molecule has 0 saturated carbocycles. The van der Waals surface area contributed by atoms with Gasteiger partial charge in [0.05, 0.1) is 11.8 Å². The van der Waals surface area contributed by atoms with E-state index in [9.17, 15) is 9.59 Å². The number of hydrazine groups is 1. The molecule has 0 aromatic heterocycles. The summed E-state index contributed by atoms with van der Waals surface area (Å²) in [6, 6.07) is 5.17. The van der Waals surface area contributed by atoms with E-state index < -0.39 is 11.9 Å². The summed E-state index contributed by atoms with van der Waals surface area (Å²) in [5.41, 5.74) is 13.4. The van der Waals surface area contributed by atoms with Gasteiger partial charge in [-0.05, 0) is 32.4 Å². The summed E-state index contributed by atoms with van der Waals surface area (Å²) in [5, 5.41) is 2.88. The fraction of sp³-hybridized carbons (Fsp3) is 0.467. The SMILES string of the molecule is Cc1ccc(C)c(SCC(=O)NC2C(C)NNC2C(N)=O)c1. The van der Waals surface area contributed by atoms with Crippen LogP contribution in [0.1, 0.15) is 18.1 Å². The summed E-state index contributed by atoms with van der Waals surface area (Å²) in [6.07, 6.45) is 0. The molecule has 1 saturated heterocycles. The number of rotatable bonds is 5. The molecule has 6 nitrogen and oxygen atoms in total. The Bertz CT molecular complexity index is 579.